The van der Waals surface area contributed by atoms with Crippen molar-refractivity contribution in [2.75, 3.05) is 18.8 Å². The molecule has 11 heteroatoms. The highest BCUT2D eigenvalue weighted by Gasteiger charge is 2.32. The largest absolute Gasteiger partial charge is 0.381 e. The molecule has 0 bridgehead atoms. The summed E-state index contributed by atoms with van der Waals surface area (Å²) >= 11 is 0. The van der Waals surface area contributed by atoms with Crippen molar-refractivity contribution in [3.05, 3.63) is 42.6 Å². The molecule has 28 heavy (non-hydrogen) atoms. The lowest BCUT2D eigenvalue weighted by atomic mass is 10.1. The van der Waals surface area contributed by atoms with Crippen LogP contribution in [0.2, 0.25) is 0 Å². The molecular formula is C17H18FN7O2S. The third-order valence-electron chi connectivity index (χ3n) is 4.63. The maximum Gasteiger partial charge on any atom is 0.243 e. The summed E-state index contributed by atoms with van der Waals surface area (Å²) in [6.07, 6.45) is 3.34. The maximum absolute atomic E-state index is 13.5. The number of hydrogen-bond acceptors (Lipinski definition) is 7. The van der Waals surface area contributed by atoms with Crippen LogP contribution in [0, 0.1) is 6.92 Å². The molecule has 0 amide bonds. The van der Waals surface area contributed by atoms with Gasteiger partial charge in [0.05, 0.1) is 16.8 Å². The molecule has 1 aromatic carbocycles. The van der Waals surface area contributed by atoms with Crippen LogP contribution in [0.25, 0.3) is 17.1 Å². The molecule has 0 spiro atoms. The smallest absolute Gasteiger partial charge is 0.243 e. The lowest BCUT2D eigenvalue weighted by molar-refractivity contribution is 0.343. The molecule has 1 aliphatic rings. The monoisotopic (exact) mass is 403 g/mol. The van der Waals surface area contributed by atoms with E-state index in [9.17, 15) is 12.8 Å². The van der Waals surface area contributed by atoms with Crippen LogP contribution in [0.3, 0.4) is 0 Å². The van der Waals surface area contributed by atoms with E-state index in [1.165, 1.54) is 40.0 Å². The van der Waals surface area contributed by atoms with Gasteiger partial charge in [0.1, 0.15) is 18.8 Å². The van der Waals surface area contributed by atoms with E-state index in [0.29, 0.717) is 17.1 Å². The highest BCUT2D eigenvalue weighted by atomic mass is 32.2. The predicted molar refractivity (Wildman–Crippen MR) is 99.8 cm³/mol. The summed E-state index contributed by atoms with van der Waals surface area (Å²) in [4.78, 5) is 12.6. The number of rotatable bonds is 4. The fourth-order valence-electron chi connectivity index (χ4n) is 3.10. The second-order valence-corrected chi connectivity index (χ2v) is 8.47. The van der Waals surface area contributed by atoms with E-state index in [-0.39, 0.29) is 30.2 Å². The predicted octanol–water partition coefficient (Wildman–Crippen LogP) is 1.35. The Balaban J connectivity index is 1.77. The number of sulfonamides is 1. The van der Waals surface area contributed by atoms with E-state index in [1.54, 1.807) is 6.07 Å². The molecule has 0 radical (unpaired) electrons. The van der Waals surface area contributed by atoms with Gasteiger partial charge in [-0.25, -0.2) is 27.8 Å². The Morgan fingerprint density at radius 2 is 2.14 bits per heavy atom. The lowest BCUT2D eigenvalue weighted by Gasteiger charge is -2.17. The summed E-state index contributed by atoms with van der Waals surface area (Å²) in [6, 6.07) is 4.74. The van der Waals surface area contributed by atoms with Gasteiger partial charge in [0.2, 0.25) is 10.0 Å². The Hall–Kier alpha value is -2.92. The summed E-state index contributed by atoms with van der Waals surface area (Å²) < 4.78 is 41.8. The number of anilines is 1. The van der Waals surface area contributed by atoms with Gasteiger partial charge in [-0.05, 0) is 31.0 Å². The molecule has 1 unspecified atom stereocenters. The van der Waals surface area contributed by atoms with Crippen molar-refractivity contribution < 1.29 is 12.8 Å². The molecule has 1 aliphatic heterocycles. The zero-order chi connectivity index (χ0) is 19.9. The van der Waals surface area contributed by atoms with Gasteiger partial charge in [0.15, 0.2) is 11.6 Å². The number of hydrogen-bond donors (Lipinski definition) is 1. The molecule has 1 fully saturated rings. The maximum atomic E-state index is 13.5. The number of benzene rings is 1. The Morgan fingerprint density at radius 1 is 1.32 bits per heavy atom. The fourth-order valence-corrected chi connectivity index (χ4v) is 4.61. The SMILES string of the molecule is Cc1ccc(S(=O)(=O)N2CCC(F)C2)cc1-c1cnc(N)c(-n2cncn2)n1. The third-order valence-corrected chi connectivity index (χ3v) is 6.49. The van der Waals surface area contributed by atoms with Crippen LogP contribution >= 0.6 is 0 Å². The minimum absolute atomic E-state index is 0.0862. The van der Waals surface area contributed by atoms with Gasteiger partial charge < -0.3 is 5.73 Å². The minimum atomic E-state index is -3.79. The van der Waals surface area contributed by atoms with E-state index in [2.05, 4.69) is 20.1 Å². The molecule has 0 saturated carbocycles. The van der Waals surface area contributed by atoms with Crippen LogP contribution in [0.5, 0.6) is 0 Å². The highest BCUT2D eigenvalue weighted by molar-refractivity contribution is 7.89. The van der Waals surface area contributed by atoms with E-state index < -0.39 is 16.2 Å². The number of nitrogens with two attached hydrogens (primary N) is 1. The number of halogens is 1. The zero-order valence-corrected chi connectivity index (χ0v) is 15.8. The number of nitrogen functional groups attached to an aromatic ring is 1. The first-order valence-electron chi connectivity index (χ1n) is 8.59. The topological polar surface area (TPSA) is 120 Å². The van der Waals surface area contributed by atoms with E-state index >= 15 is 0 Å². The molecule has 2 N–H and O–H groups in total. The fraction of sp³-hybridized carbons (Fsp3) is 0.294. The molecule has 0 aliphatic carbocycles. The molecule has 3 aromatic rings. The minimum Gasteiger partial charge on any atom is -0.381 e. The van der Waals surface area contributed by atoms with Crippen molar-refractivity contribution in [1.29, 1.82) is 0 Å². The van der Waals surface area contributed by atoms with Crippen LogP contribution in [-0.2, 0) is 10.0 Å². The normalized spacial score (nSPS) is 17.9. The lowest BCUT2D eigenvalue weighted by Crippen LogP contribution is -2.29. The summed E-state index contributed by atoms with van der Waals surface area (Å²) in [5, 5.41) is 4.01. The molecular weight excluding hydrogens is 385 g/mol. The van der Waals surface area contributed by atoms with E-state index in [4.69, 9.17) is 5.73 Å². The van der Waals surface area contributed by atoms with E-state index in [0.717, 1.165) is 5.56 Å². The van der Waals surface area contributed by atoms with Crippen LogP contribution in [-0.4, -0.2) is 56.7 Å². The van der Waals surface area contributed by atoms with Crippen molar-refractivity contribution in [3.8, 4) is 17.1 Å². The van der Waals surface area contributed by atoms with Crippen molar-refractivity contribution in [2.45, 2.75) is 24.4 Å². The Labute approximate surface area is 161 Å². The van der Waals surface area contributed by atoms with Gasteiger partial charge in [-0.1, -0.05) is 6.07 Å². The van der Waals surface area contributed by atoms with Gasteiger partial charge in [-0.3, -0.25) is 0 Å². The molecule has 3 heterocycles. The van der Waals surface area contributed by atoms with Crippen LogP contribution in [0.1, 0.15) is 12.0 Å². The quantitative estimate of drug-likeness (QED) is 0.698. The van der Waals surface area contributed by atoms with Gasteiger partial charge in [0.25, 0.3) is 0 Å². The summed E-state index contributed by atoms with van der Waals surface area (Å²) in [5.74, 6) is 0.462. The number of nitrogens with zero attached hydrogens (tertiary/aromatic N) is 6. The van der Waals surface area contributed by atoms with Crippen molar-refractivity contribution >= 4 is 15.8 Å². The first-order chi connectivity index (χ1) is 13.4. The second kappa shape index (κ2) is 6.91. The zero-order valence-electron chi connectivity index (χ0n) is 15.0. The van der Waals surface area contributed by atoms with Crippen molar-refractivity contribution in [3.63, 3.8) is 0 Å². The van der Waals surface area contributed by atoms with Gasteiger partial charge in [-0.2, -0.15) is 14.1 Å². The van der Waals surface area contributed by atoms with E-state index in [1.807, 2.05) is 6.92 Å². The molecule has 4 rings (SSSR count). The first kappa shape index (κ1) is 18.4. The van der Waals surface area contributed by atoms with Gasteiger partial charge >= 0.3 is 0 Å². The first-order valence-corrected chi connectivity index (χ1v) is 10.0. The molecule has 1 saturated heterocycles. The van der Waals surface area contributed by atoms with Crippen LogP contribution in [0.15, 0.2) is 41.9 Å². The molecule has 2 aromatic heterocycles. The Bertz CT molecular complexity index is 1120. The number of aromatic nitrogens is 5. The third kappa shape index (κ3) is 3.22. The summed E-state index contributed by atoms with van der Waals surface area (Å²) in [6.45, 7) is 1.89. The Kier molecular flexibility index (Phi) is 4.55. The Morgan fingerprint density at radius 3 is 2.82 bits per heavy atom. The number of aryl methyl sites for hydroxylation is 1. The molecule has 1 atom stereocenters. The van der Waals surface area contributed by atoms with Crippen molar-refractivity contribution in [1.82, 2.24) is 29.0 Å². The van der Waals surface area contributed by atoms with Crippen LogP contribution in [0.4, 0.5) is 10.2 Å². The van der Waals surface area contributed by atoms with Gasteiger partial charge in [-0.15, -0.1) is 0 Å². The second-order valence-electron chi connectivity index (χ2n) is 6.53. The average molecular weight is 403 g/mol. The van der Waals surface area contributed by atoms with Crippen molar-refractivity contribution in [2.24, 2.45) is 0 Å². The number of alkyl halides is 1. The highest BCUT2D eigenvalue weighted by Crippen LogP contribution is 2.29. The van der Waals surface area contributed by atoms with Gasteiger partial charge in [0, 0.05) is 18.7 Å². The summed E-state index contributed by atoms with van der Waals surface area (Å²) in [5.41, 5.74) is 7.74. The summed E-state index contributed by atoms with van der Waals surface area (Å²) in [7, 11) is -3.79. The van der Waals surface area contributed by atoms with Crippen LogP contribution < -0.4 is 5.73 Å². The average Bonchev–Trinajstić information content (AvgIpc) is 3.34. The standard InChI is InChI=1S/C17H18FN7O2S/c1-11-2-3-13(28(26,27)24-5-4-12(18)8-24)6-14(11)15-7-21-16(19)17(23-15)25-10-20-9-22-25/h2-3,6-7,9-10,12H,4-5,8H2,1H3,(H2,19,21). The molecule has 146 valence electrons. The molecule has 9 nitrogen and oxygen atoms in total.